The van der Waals surface area contributed by atoms with Crippen LogP contribution in [0.15, 0.2) is 18.2 Å². The molecule has 1 aromatic rings. The molecule has 0 aliphatic heterocycles. The zero-order valence-electron chi connectivity index (χ0n) is 11.2. The summed E-state index contributed by atoms with van der Waals surface area (Å²) in [6.07, 6.45) is -0.293. The highest BCUT2D eigenvalue weighted by Gasteiger charge is 2.20. The van der Waals surface area contributed by atoms with Crippen molar-refractivity contribution in [1.29, 1.82) is 0 Å². The summed E-state index contributed by atoms with van der Waals surface area (Å²) in [6.45, 7) is 1.73. The SMILES string of the molecule is CC(O)CCN(C)C(=O)C(=O)Nc1cccc(F)c1F. The maximum absolute atomic E-state index is 13.3. The molecule has 0 aromatic heterocycles. The highest BCUT2D eigenvalue weighted by Crippen LogP contribution is 2.16. The predicted octanol–water partition coefficient (Wildman–Crippen LogP) is 1.13. The van der Waals surface area contributed by atoms with Crippen molar-refractivity contribution in [2.75, 3.05) is 18.9 Å². The number of carbonyl (C=O) groups excluding carboxylic acids is 2. The molecule has 0 aliphatic rings. The van der Waals surface area contributed by atoms with Gasteiger partial charge in [0.25, 0.3) is 0 Å². The number of carbonyl (C=O) groups is 2. The van der Waals surface area contributed by atoms with E-state index in [-0.39, 0.29) is 6.54 Å². The van der Waals surface area contributed by atoms with Gasteiger partial charge in [0, 0.05) is 13.6 Å². The lowest BCUT2D eigenvalue weighted by atomic mass is 10.2. The van der Waals surface area contributed by atoms with Crippen LogP contribution >= 0.6 is 0 Å². The Morgan fingerprint density at radius 3 is 2.65 bits per heavy atom. The molecule has 0 heterocycles. The van der Waals surface area contributed by atoms with Crippen LogP contribution in [0, 0.1) is 11.6 Å². The van der Waals surface area contributed by atoms with E-state index in [1.807, 2.05) is 5.32 Å². The summed E-state index contributed by atoms with van der Waals surface area (Å²) in [5, 5.41) is 11.1. The predicted molar refractivity (Wildman–Crippen MR) is 68.9 cm³/mol. The fraction of sp³-hybridized carbons (Fsp3) is 0.385. The Bertz CT molecular complexity index is 506. The second-order valence-corrected chi connectivity index (χ2v) is 4.42. The summed E-state index contributed by atoms with van der Waals surface area (Å²) in [4.78, 5) is 24.4. The molecule has 1 unspecified atom stereocenters. The summed E-state index contributed by atoms with van der Waals surface area (Å²) in [5.41, 5.74) is -0.396. The Labute approximate surface area is 115 Å². The van der Waals surface area contributed by atoms with Gasteiger partial charge < -0.3 is 15.3 Å². The maximum Gasteiger partial charge on any atom is 0.313 e. The number of rotatable bonds is 4. The van der Waals surface area contributed by atoms with Gasteiger partial charge in [-0.3, -0.25) is 9.59 Å². The third kappa shape index (κ3) is 4.27. The van der Waals surface area contributed by atoms with Crippen molar-refractivity contribution in [3.63, 3.8) is 0 Å². The molecule has 0 saturated heterocycles. The molecule has 0 aliphatic carbocycles. The van der Waals surface area contributed by atoms with Gasteiger partial charge in [-0.1, -0.05) is 6.07 Å². The van der Waals surface area contributed by atoms with E-state index in [1.54, 1.807) is 6.92 Å². The van der Waals surface area contributed by atoms with E-state index in [4.69, 9.17) is 5.11 Å². The van der Waals surface area contributed by atoms with Crippen LogP contribution in [0.4, 0.5) is 14.5 Å². The van der Waals surface area contributed by atoms with Crippen molar-refractivity contribution in [3.05, 3.63) is 29.8 Å². The Morgan fingerprint density at radius 2 is 2.05 bits per heavy atom. The average molecular weight is 286 g/mol. The molecule has 1 aromatic carbocycles. The number of aliphatic hydroxyl groups excluding tert-OH is 1. The van der Waals surface area contributed by atoms with E-state index in [2.05, 4.69) is 0 Å². The number of nitrogens with one attached hydrogen (secondary N) is 1. The molecular weight excluding hydrogens is 270 g/mol. The van der Waals surface area contributed by atoms with Crippen LogP contribution < -0.4 is 5.32 Å². The standard InChI is InChI=1S/C13H16F2N2O3/c1-8(18)6-7-17(2)13(20)12(19)16-10-5-3-4-9(14)11(10)15/h3-5,8,18H,6-7H2,1-2H3,(H,16,19). The topological polar surface area (TPSA) is 69.6 Å². The molecule has 1 rings (SSSR count). The summed E-state index contributed by atoms with van der Waals surface area (Å²) in [7, 11) is 1.38. The van der Waals surface area contributed by atoms with Crippen LogP contribution in [0.25, 0.3) is 0 Å². The first-order valence-corrected chi connectivity index (χ1v) is 6.01. The van der Waals surface area contributed by atoms with Crippen molar-refractivity contribution in [2.45, 2.75) is 19.4 Å². The Hall–Kier alpha value is -2.02. The number of anilines is 1. The van der Waals surface area contributed by atoms with Crippen molar-refractivity contribution < 1.29 is 23.5 Å². The van der Waals surface area contributed by atoms with Gasteiger partial charge in [0.2, 0.25) is 0 Å². The minimum Gasteiger partial charge on any atom is -0.393 e. The van der Waals surface area contributed by atoms with Gasteiger partial charge in [-0.15, -0.1) is 0 Å². The second-order valence-electron chi connectivity index (χ2n) is 4.42. The molecule has 20 heavy (non-hydrogen) atoms. The van der Waals surface area contributed by atoms with Crippen LogP contribution in [0.2, 0.25) is 0 Å². The van der Waals surface area contributed by atoms with Gasteiger partial charge in [0.05, 0.1) is 11.8 Å². The molecule has 0 fully saturated rings. The first kappa shape index (κ1) is 16.0. The number of aliphatic hydroxyl groups is 1. The van der Waals surface area contributed by atoms with E-state index >= 15 is 0 Å². The number of hydrogen-bond acceptors (Lipinski definition) is 3. The molecule has 2 amide bonds. The van der Waals surface area contributed by atoms with Gasteiger partial charge in [-0.05, 0) is 25.5 Å². The van der Waals surface area contributed by atoms with Crippen molar-refractivity contribution in [1.82, 2.24) is 4.90 Å². The molecule has 5 nitrogen and oxygen atoms in total. The minimum atomic E-state index is -1.22. The van der Waals surface area contributed by atoms with Crippen molar-refractivity contribution in [3.8, 4) is 0 Å². The van der Waals surface area contributed by atoms with Crippen molar-refractivity contribution >= 4 is 17.5 Å². The zero-order chi connectivity index (χ0) is 15.3. The highest BCUT2D eigenvalue weighted by molar-refractivity contribution is 6.39. The molecule has 1 atom stereocenters. The van der Waals surface area contributed by atoms with E-state index < -0.39 is 35.2 Å². The molecule has 0 spiro atoms. The summed E-state index contributed by atoms with van der Waals surface area (Å²) >= 11 is 0. The summed E-state index contributed by atoms with van der Waals surface area (Å²) < 4.78 is 26.3. The maximum atomic E-state index is 13.3. The summed E-state index contributed by atoms with van der Waals surface area (Å²) in [5.74, 6) is -4.30. The smallest absolute Gasteiger partial charge is 0.313 e. The fourth-order valence-corrected chi connectivity index (χ4v) is 1.43. The van der Waals surface area contributed by atoms with E-state index in [0.717, 1.165) is 17.0 Å². The average Bonchev–Trinajstić information content (AvgIpc) is 2.40. The molecule has 0 radical (unpaired) electrons. The lowest BCUT2D eigenvalue weighted by Gasteiger charge is -2.17. The van der Waals surface area contributed by atoms with Gasteiger partial charge in [-0.2, -0.15) is 0 Å². The normalized spacial score (nSPS) is 11.8. The van der Waals surface area contributed by atoms with Crippen molar-refractivity contribution in [2.24, 2.45) is 0 Å². The van der Waals surface area contributed by atoms with Crippen LogP contribution in [0.3, 0.4) is 0 Å². The van der Waals surface area contributed by atoms with Gasteiger partial charge >= 0.3 is 11.8 Å². The number of nitrogens with zero attached hydrogens (tertiary/aromatic N) is 1. The largest absolute Gasteiger partial charge is 0.393 e. The second kappa shape index (κ2) is 6.95. The molecule has 7 heteroatoms. The van der Waals surface area contributed by atoms with E-state index in [1.165, 1.54) is 13.1 Å². The Morgan fingerprint density at radius 1 is 1.40 bits per heavy atom. The molecule has 0 saturated carbocycles. The minimum absolute atomic E-state index is 0.176. The van der Waals surface area contributed by atoms with E-state index in [0.29, 0.717) is 6.42 Å². The van der Waals surface area contributed by atoms with Gasteiger partial charge in [0.15, 0.2) is 11.6 Å². The van der Waals surface area contributed by atoms with Crippen LogP contribution in [0.1, 0.15) is 13.3 Å². The molecule has 0 bridgehead atoms. The lowest BCUT2D eigenvalue weighted by Crippen LogP contribution is -2.38. The number of halogens is 2. The number of likely N-dealkylation sites (N-methyl/N-ethyl adjacent to an activating group) is 1. The first-order valence-electron chi connectivity index (χ1n) is 6.01. The fourth-order valence-electron chi connectivity index (χ4n) is 1.43. The highest BCUT2D eigenvalue weighted by atomic mass is 19.2. The van der Waals surface area contributed by atoms with Crippen LogP contribution in [-0.4, -0.2) is 41.5 Å². The molecule has 2 N–H and O–H groups in total. The molecular formula is C13H16F2N2O3. The lowest BCUT2D eigenvalue weighted by molar-refractivity contribution is -0.142. The zero-order valence-corrected chi connectivity index (χ0v) is 11.2. The number of amides is 2. The third-order valence-electron chi connectivity index (χ3n) is 2.62. The summed E-state index contributed by atoms with van der Waals surface area (Å²) in [6, 6.07) is 3.27. The Kier molecular flexibility index (Phi) is 5.57. The van der Waals surface area contributed by atoms with Gasteiger partial charge in [0.1, 0.15) is 0 Å². The first-order chi connectivity index (χ1) is 9.32. The quantitative estimate of drug-likeness (QED) is 0.815. The third-order valence-corrected chi connectivity index (χ3v) is 2.62. The number of hydrogen-bond donors (Lipinski definition) is 2. The number of benzene rings is 1. The van der Waals surface area contributed by atoms with Crippen LogP contribution in [0.5, 0.6) is 0 Å². The monoisotopic (exact) mass is 286 g/mol. The van der Waals surface area contributed by atoms with Crippen LogP contribution in [-0.2, 0) is 9.59 Å². The van der Waals surface area contributed by atoms with E-state index in [9.17, 15) is 18.4 Å². The van der Waals surface area contributed by atoms with Gasteiger partial charge in [-0.25, -0.2) is 8.78 Å². The Balaban J connectivity index is 2.66. The molecule has 110 valence electrons.